The number of aromatic nitrogens is 2. The van der Waals surface area contributed by atoms with E-state index in [4.69, 9.17) is 10.6 Å². The van der Waals surface area contributed by atoms with Crippen LogP contribution in [0.3, 0.4) is 0 Å². The summed E-state index contributed by atoms with van der Waals surface area (Å²) in [6.45, 7) is 6.83. The van der Waals surface area contributed by atoms with Crippen LogP contribution in [0.2, 0.25) is 0 Å². The van der Waals surface area contributed by atoms with Crippen LogP contribution in [0.5, 0.6) is 5.88 Å². The number of hydrazine groups is 1. The van der Waals surface area contributed by atoms with Gasteiger partial charge in [-0.2, -0.15) is 4.98 Å². The molecular weight excluding hydrogens is 252 g/mol. The minimum absolute atomic E-state index is 0.0726. The normalized spacial score (nSPS) is 10.5. The molecule has 3 N–H and O–H groups in total. The Balaban J connectivity index is 2.72. The van der Waals surface area contributed by atoms with Crippen molar-refractivity contribution in [3.63, 3.8) is 0 Å². The molecule has 0 saturated carbocycles. The van der Waals surface area contributed by atoms with Crippen molar-refractivity contribution in [2.24, 2.45) is 5.84 Å². The molecule has 1 rings (SSSR count). The first-order chi connectivity index (χ1) is 9.12. The smallest absolute Gasteiger partial charge is 0.349 e. The van der Waals surface area contributed by atoms with Crippen molar-refractivity contribution < 1.29 is 9.66 Å². The highest BCUT2D eigenvalue weighted by molar-refractivity contribution is 5.42. The summed E-state index contributed by atoms with van der Waals surface area (Å²) >= 11 is 0. The van der Waals surface area contributed by atoms with E-state index in [0.717, 1.165) is 19.3 Å². The molecule has 1 aromatic heterocycles. The molecule has 0 aliphatic rings. The fraction of sp³-hybridized carbons (Fsp3) is 0.600. The van der Waals surface area contributed by atoms with Crippen molar-refractivity contribution in [2.75, 3.05) is 31.7 Å². The van der Waals surface area contributed by atoms with E-state index in [1.54, 1.807) is 0 Å². The number of likely N-dealkylation sites (N-methyl/N-ethyl adjacent to an activating group) is 1. The molecule has 0 aliphatic carbocycles. The molecule has 0 unspecified atom stereocenters. The van der Waals surface area contributed by atoms with E-state index < -0.39 is 4.92 Å². The summed E-state index contributed by atoms with van der Waals surface area (Å²) in [6, 6.07) is 0. The molecule has 9 heteroatoms. The van der Waals surface area contributed by atoms with Gasteiger partial charge in [0.15, 0.2) is 0 Å². The van der Waals surface area contributed by atoms with Gasteiger partial charge in [0.05, 0.1) is 4.92 Å². The summed E-state index contributed by atoms with van der Waals surface area (Å²) in [5.74, 6) is 5.15. The van der Waals surface area contributed by atoms with Crippen LogP contribution in [0.1, 0.15) is 13.8 Å². The Labute approximate surface area is 110 Å². The summed E-state index contributed by atoms with van der Waals surface area (Å²) in [6.07, 6.45) is 1.06. The minimum atomic E-state index is -0.590. The van der Waals surface area contributed by atoms with Gasteiger partial charge in [-0.1, -0.05) is 13.8 Å². The number of nitro groups is 1. The Kier molecular flexibility index (Phi) is 5.90. The molecule has 0 fully saturated rings. The van der Waals surface area contributed by atoms with Crippen molar-refractivity contribution in [3.05, 3.63) is 16.3 Å². The van der Waals surface area contributed by atoms with Gasteiger partial charge in [0.1, 0.15) is 12.8 Å². The van der Waals surface area contributed by atoms with E-state index in [2.05, 4.69) is 20.3 Å². The van der Waals surface area contributed by atoms with Gasteiger partial charge in [-0.05, 0) is 13.1 Å². The largest absolute Gasteiger partial charge is 0.471 e. The van der Waals surface area contributed by atoms with E-state index in [1.807, 2.05) is 13.8 Å². The number of hydrogen-bond acceptors (Lipinski definition) is 8. The molecule has 0 radical (unpaired) electrons. The second-order valence-electron chi connectivity index (χ2n) is 3.66. The molecular formula is C10H18N6O3. The number of nitrogens with zero attached hydrogens (tertiary/aromatic N) is 4. The van der Waals surface area contributed by atoms with E-state index in [9.17, 15) is 10.1 Å². The summed E-state index contributed by atoms with van der Waals surface area (Å²) in [5, 5.41) is 10.8. The number of hydrogen-bond donors (Lipinski definition) is 2. The quantitative estimate of drug-likeness (QED) is 0.395. The van der Waals surface area contributed by atoms with E-state index in [0.29, 0.717) is 13.2 Å². The molecule has 0 aliphatic heterocycles. The monoisotopic (exact) mass is 270 g/mol. The topological polar surface area (TPSA) is 119 Å². The molecule has 106 valence electrons. The third kappa shape index (κ3) is 4.30. The van der Waals surface area contributed by atoms with Gasteiger partial charge in [0.25, 0.3) is 5.88 Å². The zero-order valence-electron chi connectivity index (χ0n) is 11.0. The third-order valence-electron chi connectivity index (χ3n) is 2.60. The SMILES string of the molecule is CCN(CC)CCOc1nc(NN)ncc1[N+](=O)[O-]. The first-order valence-electron chi connectivity index (χ1n) is 5.95. The highest BCUT2D eigenvalue weighted by Gasteiger charge is 2.18. The standard InChI is InChI=1S/C10H18N6O3/c1-3-15(4-2)5-6-19-9-8(16(17)18)7-12-10(13-9)14-11/h7H,3-6,11H2,1-2H3,(H,12,13,14). The lowest BCUT2D eigenvalue weighted by Gasteiger charge is -2.17. The van der Waals surface area contributed by atoms with Crippen molar-refractivity contribution in [3.8, 4) is 5.88 Å². The second kappa shape index (κ2) is 7.44. The van der Waals surface area contributed by atoms with Crippen molar-refractivity contribution in [1.82, 2.24) is 14.9 Å². The van der Waals surface area contributed by atoms with Gasteiger partial charge in [-0.3, -0.25) is 15.5 Å². The molecule has 9 nitrogen and oxygen atoms in total. The van der Waals surface area contributed by atoms with Crippen LogP contribution in [0.15, 0.2) is 6.20 Å². The number of anilines is 1. The molecule has 0 spiro atoms. The van der Waals surface area contributed by atoms with E-state index in [1.165, 1.54) is 0 Å². The van der Waals surface area contributed by atoms with Gasteiger partial charge in [0, 0.05) is 6.54 Å². The molecule has 0 amide bonds. The van der Waals surface area contributed by atoms with Crippen LogP contribution >= 0.6 is 0 Å². The lowest BCUT2D eigenvalue weighted by Crippen LogP contribution is -2.28. The Hall–Kier alpha value is -2.00. The van der Waals surface area contributed by atoms with E-state index in [-0.39, 0.29) is 17.5 Å². The average Bonchev–Trinajstić information content (AvgIpc) is 2.43. The minimum Gasteiger partial charge on any atom is -0.471 e. The fourth-order valence-corrected chi connectivity index (χ4v) is 1.47. The number of nitrogens with two attached hydrogens (primary N) is 1. The Morgan fingerprint density at radius 3 is 2.74 bits per heavy atom. The number of nitrogen functional groups attached to an aromatic ring is 1. The lowest BCUT2D eigenvalue weighted by molar-refractivity contribution is -0.386. The van der Waals surface area contributed by atoms with Gasteiger partial charge in [-0.15, -0.1) is 0 Å². The van der Waals surface area contributed by atoms with Crippen molar-refractivity contribution in [2.45, 2.75) is 13.8 Å². The Morgan fingerprint density at radius 1 is 1.53 bits per heavy atom. The van der Waals surface area contributed by atoms with Crippen LogP contribution < -0.4 is 16.0 Å². The fourth-order valence-electron chi connectivity index (χ4n) is 1.47. The average molecular weight is 270 g/mol. The molecule has 0 atom stereocenters. The maximum atomic E-state index is 10.8. The van der Waals surface area contributed by atoms with Crippen LogP contribution in [0.25, 0.3) is 0 Å². The highest BCUT2D eigenvalue weighted by atomic mass is 16.6. The van der Waals surface area contributed by atoms with Crippen LogP contribution in [0.4, 0.5) is 11.6 Å². The molecule has 0 saturated heterocycles. The number of nitrogens with one attached hydrogen (secondary N) is 1. The van der Waals surface area contributed by atoms with Gasteiger partial charge >= 0.3 is 5.69 Å². The summed E-state index contributed by atoms with van der Waals surface area (Å²) in [7, 11) is 0. The molecule has 1 aromatic rings. The first kappa shape index (κ1) is 15.1. The molecule has 0 bridgehead atoms. The van der Waals surface area contributed by atoms with Gasteiger partial charge in [-0.25, -0.2) is 10.8 Å². The van der Waals surface area contributed by atoms with Crippen molar-refractivity contribution in [1.29, 1.82) is 0 Å². The van der Waals surface area contributed by atoms with E-state index >= 15 is 0 Å². The Morgan fingerprint density at radius 2 is 2.21 bits per heavy atom. The zero-order valence-corrected chi connectivity index (χ0v) is 11.0. The van der Waals surface area contributed by atoms with Gasteiger partial charge in [0.2, 0.25) is 5.95 Å². The summed E-state index contributed by atoms with van der Waals surface area (Å²) < 4.78 is 5.35. The second-order valence-corrected chi connectivity index (χ2v) is 3.66. The van der Waals surface area contributed by atoms with Gasteiger partial charge < -0.3 is 9.64 Å². The predicted octanol–water partition coefficient (Wildman–Crippen LogP) is 0.391. The molecule has 1 heterocycles. The van der Waals surface area contributed by atoms with Crippen molar-refractivity contribution >= 4 is 11.6 Å². The predicted molar refractivity (Wildman–Crippen MR) is 69.8 cm³/mol. The maximum Gasteiger partial charge on any atom is 0.349 e. The maximum absolute atomic E-state index is 10.8. The highest BCUT2D eigenvalue weighted by Crippen LogP contribution is 2.23. The Bertz CT molecular complexity index is 424. The van der Waals surface area contributed by atoms with Crippen LogP contribution in [-0.4, -0.2) is 46.0 Å². The molecule has 0 aromatic carbocycles. The number of ether oxygens (including phenoxy) is 1. The number of rotatable bonds is 8. The van der Waals surface area contributed by atoms with Crippen LogP contribution in [-0.2, 0) is 0 Å². The first-order valence-corrected chi connectivity index (χ1v) is 5.95. The zero-order chi connectivity index (χ0) is 14.3. The summed E-state index contributed by atoms with van der Waals surface area (Å²) in [5.41, 5.74) is 1.94. The van der Waals surface area contributed by atoms with Crippen LogP contribution in [0, 0.1) is 10.1 Å². The lowest BCUT2D eigenvalue weighted by atomic mass is 10.5. The summed E-state index contributed by atoms with van der Waals surface area (Å²) in [4.78, 5) is 19.9. The molecule has 19 heavy (non-hydrogen) atoms. The third-order valence-corrected chi connectivity index (χ3v) is 2.60.